The van der Waals surface area contributed by atoms with E-state index in [9.17, 15) is 9.59 Å². The summed E-state index contributed by atoms with van der Waals surface area (Å²) in [6.45, 7) is 1.72. The standard InChI is InChI=1S/C26H18BrNO5/c1-14-22(19-13-17(31-2)11-12-21(19)32-14)26(30)28-23-18-5-3-4-6-20(18)33-25(23)24(29)15-7-9-16(27)10-8-15/h3-13H,1-2H3,(H,28,30). The summed E-state index contributed by atoms with van der Waals surface area (Å²) in [7, 11) is 1.56. The summed E-state index contributed by atoms with van der Waals surface area (Å²) in [5.74, 6) is 0.400. The van der Waals surface area contributed by atoms with Gasteiger partial charge in [0, 0.05) is 20.8 Å². The molecule has 0 aliphatic rings. The van der Waals surface area contributed by atoms with Crippen LogP contribution in [0.1, 0.15) is 32.2 Å². The number of furan rings is 2. The molecule has 0 aliphatic heterocycles. The molecule has 33 heavy (non-hydrogen) atoms. The van der Waals surface area contributed by atoms with Crippen LogP contribution in [0.15, 0.2) is 80.0 Å². The summed E-state index contributed by atoms with van der Waals surface area (Å²) in [6, 6.07) is 19.4. The van der Waals surface area contributed by atoms with Gasteiger partial charge in [-0.25, -0.2) is 0 Å². The molecule has 7 heteroatoms. The van der Waals surface area contributed by atoms with E-state index in [1.165, 1.54) is 0 Å². The van der Waals surface area contributed by atoms with Gasteiger partial charge >= 0.3 is 0 Å². The zero-order valence-electron chi connectivity index (χ0n) is 17.8. The van der Waals surface area contributed by atoms with E-state index in [4.69, 9.17) is 13.6 Å². The fourth-order valence-electron chi connectivity index (χ4n) is 3.85. The maximum Gasteiger partial charge on any atom is 0.259 e. The third-order valence-electron chi connectivity index (χ3n) is 5.44. The molecule has 1 amide bonds. The predicted molar refractivity (Wildman–Crippen MR) is 129 cm³/mol. The number of carbonyl (C=O) groups excluding carboxylic acids is 2. The molecule has 5 rings (SSSR count). The van der Waals surface area contributed by atoms with E-state index in [1.807, 2.05) is 12.1 Å². The highest BCUT2D eigenvalue weighted by atomic mass is 79.9. The molecule has 2 heterocycles. The summed E-state index contributed by atoms with van der Waals surface area (Å²) in [4.78, 5) is 26.7. The maximum absolute atomic E-state index is 13.4. The van der Waals surface area contributed by atoms with E-state index in [0.717, 1.165) is 4.47 Å². The lowest BCUT2D eigenvalue weighted by atomic mass is 10.1. The molecule has 0 saturated heterocycles. The number of methoxy groups -OCH3 is 1. The zero-order valence-corrected chi connectivity index (χ0v) is 19.4. The summed E-state index contributed by atoms with van der Waals surface area (Å²) in [5, 5.41) is 4.16. The summed E-state index contributed by atoms with van der Waals surface area (Å²) in [6.07, 6.45) is 0. The smallest absolute Gasteiger partial charge is 0.259 e. The second-order valence-corrected chi connectivity index (χ2v) is 8.40. The third kappa shape index (κ3) is 3.70. The Labute approximate surface area is 197 Å². The van der Waals surface area contributed by atoms with Crippen molar-refractivity contribution in [1.29, 1.82) is 0 Å². The number of halogens is 1. The molecule has 0 atom stereocenters. The van der Waals surface area contributed by atoms with Gasteiger partial charge in [0.1, 0.15) is 22.7 Å². The molecule has 0 radical (unpaired) electrons. The fourth-order valence-corrected chi connectivity index (χ4v) is 4.11. The Balaban J connectivity index is 1.61. The first-order chi connectivity index (χ1) is 16.0. The molecule has 1 N–H and O–H groups in total. The van der Waals surface area contributed by atoms with Crippen LogP contribution in [0.5, 0.6) is 5.75 Å². The molecule has 0 bridgehead atoms. The molecule has 2 aromatic heterocycles. The summed E-state index contributed by atoms with van der Waals surface area (Å²) >= 11 is 3.38. The number of benzene rings is 3. The largest absolute Gasteiger partial charge is 0.497 e. The second-order valence-electron chi connectivity index (χ2n) is 7.49. The van der Waals surface area contributed by atoms with Crippen molar-refractivity contribution in [1.82, 2.24) is 0 Å². The van der Waals surface area contributed by atoms with E-state index in [-0.39, 0.29) is 11.5 Å². The Morgan fingerprint density at radius 2 is 1.64 bits per heavy atom. The summed E-state index contributed by atoms with van der Waals surface area (Å²) in [5.41, 5.74) is 2.21. The molecule has 0 unspecified atom stereocenters. The van der Waals surface area contributed by atoms with Crippen molar-refractivity contribution in [3.05, 3.63) is 93.9 Å². The van der Waals surface area contributed by atoms with Gasteiger partial charge in [0.2, 0.25) is 5.78 Å². The number of carbonyl (C=O) groups is 2. The lowest BCUT2D eigenvalue weighted by molar-refractivity contribution is 0.101. The molecule has 3 aromatic carbocycles. The van der Waals surface area contributed by atoms with E-state index in [2.05, 4.69) is 21.2 Å². The molecular weight excluding hydrogens is 486 g/mol. The molecule has 0 spiro atoms. The van der Waals surface area contributed by atoms with Gasteiger partial charge in [0.25, 0.3) is 5.91 Å². The van der Waals surface area contributed by atoms with Gasteiger partial charge in [-0.15, -0.1) is 0 Å². The van der Waals surface area contributed by atoms with Crippen molar-refractivity contribution in [2.75, 3.05) is 12.4 Å². The molecule has 0 fully saturated rings. The van der Waals surface area contributed by atoms with Crippen LogP contribution in [0.25, 0.3) is 21.9 Å². The molecule has 164 valence electrons. The molecule has 0 saturated carbocycles. The number of hydrogen-bond acceptors (Lipinski definition) is 5. The minimum absolute atomic E-state index is 0.0647. The number of amides is 1. The SMILES string of the molecule is COc1ccc2oc(C)c(C(=O)Nc3c(C(=O)c4ccc(Br)cc4)oc4ccccc34)c2c1. The van der Waals surface area contributed by atoms with E-state index >= 15 is 0 Å². The lowest BCUT2D eigenvalue weighted by Crippen LogP contribution is -2.15. The van der Waals surface area contributed by atoms with Gasteiger partial charge in [-0.1, -0.05) is 28.1 Å². The highest BCUT2D eigenvalue weighted by molar-refractivity contribution is 9.10. The van der Waals surface area contributed by atoms with Gasteiger partial charge in [-0.05, 0) is 61.5 Å². The van der Waals surface area contributed by atoms with Crippen LogP contribution < -0.4 is 10.1 Å². The Hall–Kier alpha value is -3.84. The third-order valence-corrected chi connectivity index (χ3v) is 5.97. The lowest BCUT2D eigenvalue weighted by Gasteiger charge is -2.07. The van der Waals surface area contributed by atoms with E-state index in [0.29, 0.717) is 50.3 Å². The number of para-hydroxylation sites is 1. The maximum atomic E-state index is 13.4. The number of hydrogen-bond donors (Lipinski definition) is 1. The Bertz CT molecular complexity index is 1530. The monoisotopic (exact) mass is 503 g/mol. The molecule has 0 aliphatic carbocycles. The van der Waals surface area contributed by atoms with Gasteiger partial charge in [-0.3, -0.25) is 9.59 Å². The second kappa shape index (κ2) is 8.26. The highest BCUT2D eigenvalue weighted by Crippen LogP contribution is 2.35. The van der Waals surface area contributed by atoms with Crippen LogP contribution in [0.4, 0.5) is 5.69 Å². The van der Waals surface area contributed by atoms with Gasteiger partial charge < -0.3 is 18.9 Å². The number of ether oxygens (including phenoxy) is 1. The van der Waals surface area contributed by atoms with Gasteiger partial charge in [0.05, 0.1) is 18.4 Å². The van der Waals surface area contributed by atoms with Crippen molar-refractivity contribution in [2.45, 2.75) is 6.92 Å². The average Bonchev–Trinajstić information content (AvgIpc) is 3.35. The Morgan fingerprint density at radius 3 is 2.39 bits per heavy atom. The minimum Gasteiger partial charge on any atom is -0.497 e. The average molecular weight is 504 g/mol. The first-order valence-electron chi connectivity index (χ1n) is 10.2. The molecule has 6 nitrogen and oxygen atoms in total. The van der Waals surface area contributed by atoms with Crippen LogP contribution in [0.3, 0.4) is 0 Å². The number of rotatable bonds is 5. The minimum atomic E-state index is -0.407. The normalized spacial score (nSPS) is 11.1. The number of fused-ring (bicyclic) bond motifs is 2. The zero-order chi connectivity index (χ0) is 23.1. The van der Waals surface area contributed by atoms with Crippen molar-refractivity contribution >= 4 is 55.2 Å². The highest BCUT2D eigenvalue weighted by Gasteiger charge is 2.26. The van der Waals surface area contributed by atoms with Crippen molar-refractivity contribution < 1.29 is 23.2 Å². The van der Waals surface area contributed by atoms with Crippen molar-refractivity contribution in [2.24, 2.45) is 0 Å². The van der Waals surface area contributed by atoms with Crippen LogP contribution >= 0.6 is 15.9 Å². The number of anilines is 1. The first kappa shape index (κ1) is 21.0. The Kier molecular flexibility index (Phi) is 5.26. The number of nitrogens with one attached hydrogen (secondary N) is 1. The van der Waals surface area contributed by atoms with Gasteiger partial charge in [-0.2, -0.15) is 0 Å². The topological polar surface area (TPSA) is 81.7 Å². The van der Waals surface area contributed by atoms with Gasteiger partial charge in [0.15, 0.2) is 5.76 Å². The molecular formula is C26H18BrNO5. The number of aryl methyl sites for hydroxylation is 1. The quantitative estimate of drug-likeness (QED) is 0.268. The van der Waals surface area contributed by atoms with Crippen molar-refractivity contribution in [3.8, 4) is 5.75 Å². The Morgan fingerprint density at radius 1 is 0.909 bits per heavy atom. The van der Waals surface area contributed by atoms with E-state index < -0.39 is 5.91 Å². The number of ketones is 1. The first-order valence-corrected chi connectivity index (χ1v) is 11.0. The van der Waals surface area contributed by atoms with Crippen LogP contribution in [0.2, 0.25) is 0 Å². The van der Waals surface area contributed by atoms with Crippen LogP contribution in [-0.4, -0.2) is 18.8 Å². The van der Waals surface area contributed by atoms with E-state index in [1.54, 1.807) is 68.6 Å². The van der Waals surface area contributed by atoms with Crippen LogP contribution in [0, 0.1) is 6.92 Å². The summed E-state index contributed by atoms with van der Waals surface area (Å²) < 4.78 is 17.8. The van der Waals surface area contributed by atoms with Crippen LogP contribution in [-0.2, 0) is 0 Å². The van der Waals surface area contributed by atoms with Crippen molar-refractivity contribution in [3.63, 3.8) is 0 Å². The fraction of sp³-hybridized carbons (Fsp3) is 0.0769. The molecule has 5 aromatic rings. The predicted octanol–water partition coefficient (Wildman–Crippen LogP) is 6.74.